The first kappa shape index (κ1) is 40.0. The van der Waals surface area contributed by atoms with Crippen LogP contribution >= 0.6 is 0 Å². The van der Waals surface area contributed by atoms with E-state index in [1.54, 1.807) is 44.3 Å². The van der Waals surface area contributed by atoms with Crippen molar-refractivity contribution in [3.63, 3.8) is 0 Å². The molecule has 2 heterocycles. The Morgan fingerprint density at radius 3 is 2.13 bits per heavy atom. The molecule has 1 atom stereocenters. The normalized spacial score (nSPS) is 12.0. The van der Waals surface area contributed by atoms with Gasteiger partial charge in [0.15, 0.2) is 0 Å². The number of fused-ring (bicyclic) bond motifs is 1. The van der Waals surface area contributed by atoms with E-state index in [4.69, 9.17) is 15.0 Å². The molecule has 5 N–H and O–H groups in total. The van der Waals surface area contributed by atoms with Crippen LogP contribution in [0.25, 0.3) is 22.2 Å². The molecule has 280 valence electrons. The fourth-order valence-corrected chi connectivity index (χ4v) is 7.17. The number of aliphatic carboxylic acids is 2. The van der Waals surface area contributed by atoms with Gasteiger partial charge in [-0.05, 0) is 68.7 Å². The Bertz CT molecular complexity index is 2170. The van der Waals surface area contributed by atoms with Gasteiger partial charge in [0.1, 0.15) is 17.6 Å². The number of pyridine rings is 1. The largest absolute Gasteiger partial charge is 0.490 e. The van der Waals surface area contributed by atoms with Gasteiger partial charge in [0.2, 0.25) is 10.0 Å². The number of amides is 1. The average Bonchev–Trinajstić information content (AvgIpc) is 3.46. The Labute approximate surface area is 302 Å². The van der Waals surface area contributed by atoms with E-state index < -0.39 is 46.6 Å². The van der Waals surface area contributed by atoms with Crippen LogP contribution in [0.5, 0.6) is 0 Å². The van der Waals surface area contributed by atoms with Crippen LogP contribution in [0, 0.1) is 20.8 Å². The van der Waals surface area contributed by atoms with E-state index in [9.17, 15) is 36.3 Å². The van der Waals surface area contributed by atoms with Crippen molar-refractivity contribution < 1.29 is 46.2 Å². The van der Waals surface area contributed by atoms with Crippen molar-refractivity contribution in [3.8, 4) is 11.3 Å². The fraction of sp³-hybridized carbons (Fsp3) is 0.250. The maximum absolute atomic E-state index is 13.3. The number of aromatic nitrogens is 3. The van der Waals surface area contributed by atoms with E-state index in [0.717, 1.165) is 34.3 Å². The zero-order valence-electron chi connectivity index (χ0n) is 28.8. The second-order valence-electron chi connectivity index (χ2n) is 11.9. The van der Waals surface area contributed by atoms with Crippen LogP contribution < -0.4 is 15.4 Å². The third-order valence-corrected chi connectivity index (χ3v) is 9.53. The highest BCUT2D eigenvalue weighted by Gasteiger charge is 2.38. The molecule has 13 nitrogen and oxygen atoms in total. The number of alkyl halides is 3. The molecular formula is C36H37F3N6O7S. The van der Waals surface area contributed by atoms with Crippen molar-refractivity contribution in [1.82, 2.24) is 24.8 Å². The highest BCUT2D eigenvalue weighted by molar-refractivity contribution is 7.89. The highest BCUT2D eigenvalue weighted by Crippen LogP contribution is 2.29. The maximum atomic E-state index is 13.3. The zero-order valence-corrected chi connectivity index (χ0v) is 29.6. The standard InChI is InChI=1S/C34H36N6O5S.C2HF3O2/c1-22-18-23(2)32(24(3)19-22)46(44,45)39-28(34(42)43)21-37-33(41)26-13-14-29-27(20-26)31(25-10-5-4-6-11-25)38-40(29)17-9-16-36-30-12-7-8-15-35-30;3-2(4,5)1(6)7/h4-8,10-15,18-20,28,39H,9,16-17,21H2,1-3H3,(H,35,36)(H,37,41)(H,42,43);(H,6,7). The lowest BCUT2D eigenvalue weighted by atomic mass is 10.1. The number of hydrogen-bond donors (Lipinski definition) is 5. The van der Waals surface area contributed by atoms with Gasteiger partial charge in [-0.1, -0.05) is 54.1 Å². The second-order valence-corrected chi connectivity index (χ2v) is 13.6. The predicted octanol–water partition coefficient (Wildman–Crippen LogP) is 5.32. The molecule has 0 saturated carbocycles. The Morgan fingerprint density at radius 2 is 1.55 bits per heavy atom. The molecule has 2 aromatic heterocycles. The monoisotopic (exact) mass is 754 g/mol. The minimum absolute atomic E-state index is 0.0269. The molecule has 3 aromatic carbocycles. The number of aryl methyl sites for hydroxylation is 4. The average molecular weight is 755 g/mol. The van der Waals surface area contributed by atoms with E-state index in [0.29, 0.717) is 35.5 Å². The van der Waals surface area contributed by atoms with Gasteiger partial charge in [0.25, 0.3) is 5.91 Å². The van der Waals surface area contributed by atoms with Gasteiger partial charge in [-0.15, -0.1) is 0 Å². The molecule has 1 unspecified atom stereocenters. The van der Waals surface area contributed by atoms with E-state index in [2.05, 4.69) is 20.3 Å². The lowest BCUT2D eigenvalue weighted by Gasteiger charge is -2.18. The van der Waals surface area contributed by atoms with Crippen LogP contribution in [-0.2, 0) is 26.2 Å². The SMILES string of the molecule is Cc1cc(C)c(S(=O)(=O)NC(CNC(=O)c2ccc3c(c2)c(-c2ccccc2)nn3CCCNc2ccccn2)C(=O)O)c(C)c1.O=C(O)C(F)(F)F. The van der Waals surface area contributed by atoms with Gasteiger partial charge in [-0.2, -0.15) is 23.0 Å². The van der Waals surface area contributed by atoms with Crippen molar-refractivity contribution in [1.29, 1.82) is 0 Å². The van der Waals surface area contributed by atoms with Crippen LogP contribution in [0.1, 0.15) is 33.5 Å². The summed E-state index contributed by atoms with van der Waals surface area (Å²) >= 11 is 0. The number of halogens is 3. The summed E-state index contributed by atoms with van der Waals surface area (Å²) < 4.78 is 62.3. The number of anilines is 1. The topological polar surface area (TPSA) is 193 Å². The minimum Gasteiger partial charge on any atom is -0.480 e. The van der Waals surface area contributed by atoms with Crippen LogP contribution in [0.15, 0.2) is 90.0 Å². The molecule has 1 amide bonds. The van der Waals surface area contributed by atoms with E-state index in [-0.39, 0.29) is 4.90 Å². The van der Waals surface area contributed by atoms with Gasteiger partial charge in [-0.3, -0.25) is 14.3 Å². The molecule has 0 saturated heterocycles. The van der Waals surface area contributed by atoms with Gasteiger partial charge < -0.3 is 20.8 Å². The van der Waals surface area contributed by atoms with Crippen LogP contribution in [-0.4, -0.2) is 76.5 Å². The molecular weight excluding hydrogens is 717 g/mol. The summed E-state index contributed by atoms with van der Waals surface area (Å²) in [6, 6.07) is 22.4. The van der Waals surface area contributed by atoms with Crippen LogP contribution in [0.4, 0.5) is 19.0 Å². The number of carboxylic acid groups (broad SMARTS) is 2. The number of rotatable bonds is 13. The van der Waals surface area contributed by atoms with Crippen molar-refractivity contribution in [3.05, 3.63) is 107 Å². The van der Waals surface area contributed by atoms with Crippen molar-refractivity contribution in [2.75, 3.05) is 18.4 Å². The lowest BCUT2D eigenvalue weighted by Crippen LogP contribution is -2.48. The number of carbonyl (C=O) groups excluding carboxylic acids is 1. The molecule has 0 bridgehead atoms. The molecule has 0 aliphatic carbocycles. The highest BCUT2D eigenvalue weighted by atomic mass is 32.2. The molecule has 17 heteroatoms. The Hall–Kier alpha value is -5.81. The van der Waals surface area contributed by atoms with Gasteiger partial charge in [0.05, 0.1) is 10.4 Å². The lowest BCUT2D eigenvalue weighted by molar-refractivity contribution is -0.192. The maximum Gasteiger partial charge on any atom is 0.490 e. The first-order valence-electron chi connectivity index (χ1n) is 16.1. The Balaban J connectivity index is 0.000000815. The third-order valence-electron chi connectivity index (χ3n) is 7.76. The zero-order chi connectivity index (χ0) is 38.9. The summed E-state index contributed by atoms with van der Waals surface area (Å²) in [7, 11) is -4.18. The fourth-order valence-electron chi connectivity index (χ4n) is 5.53. The summed E-state index contributed by atoms with van der Waals surface area (Å²) in [5.74, 6) is -3.91. The number of benzene rings is 3. The molecule has 5 rings (SSSR count). The van der Waals surface area contributed by atoms with Crippen molar-refractivity contribution in [2.24, 2.45) is 0 Å². The van der Waals surface area contributed by atoms with Crippen molar-refractivity contribution in [2.45, 2.75) is 50.9 Å². The molecule has 5 aromatic rings. The van der Waals surface area contributed by atoms with E-state index in [1.807, 2.05) is 66.2 Å². The smallest absolute Gasteiger partial charge is 0.480 e. The van der Waals surface area contributed by atoms with Gasteiger partial charge in [-0.25, -0.2) is 18.2 Å². The number of nitrogens with zero attached hydrogens (tertiary/aromatic N) is 3. The summed E-state index contributed by atoms with van der Waals surface area (Å²) in [6.45, 7) is 6.03. The predicted molar refractivity (Wildman–Crippen MR) is 191 cm³/mol. The van der Waals surface area contributed by atoms with Gasteiger partial charge >= 0.3 is 18.1 Å². The molecule has 0 radical (unpaired) electrons. The number of carboxylic acids is 2. The number of sulfonamides is 1. The molecule has 0 aliphatic rings. The summed E-state index contributed by atoms with van der Waals surface area (Å²) in [5, 5.41) is 28.5. The first-order valence-corrected chi connectivity index (χ1v) is 17.6. The Morgan fingerprint density at radius 1 is 0.906 bits per heavy atom. The first-order chi connectivity index (χ1) is 25.0. The van der Waals surface area contributed by atoms with Crippen molar-refractivity contribution >= 4 is 44.6 Å². The molecule has 0 aliphatic heterocycles. The summed E-state index contributed by atoms with van der Waals surface area (Å²) in [4.78, 5) is 38.5. The van der Waals surface area contributed by atoms with E-state index in [1.165, 1.54) is 0 Å². The molecule has 0 fully saturated rings. The minimum atomic E-state index is -5.08. The number of carbonyl (C=O) groups is 3. The van der Waals surface area contributed by atoms with Gasteiger partial charge in [0, 0.05) is 42.3 Å². The second kappa shape index (κ2) is 17.1. The molecule has 53 heavy (non-hydrogen) atoms. The Kier molecular flexibility index (Phi) is 12.9. The molecule has 0 spiro atoms. The van der Waals surface area contributed by atoms with E-state index >= 15 is 0 Å². The summed E-state index contributed by atoms with van der Waals surface area (Å²) in [5.41, 5.74) is 4.63. The summed E-state index contributed by atoms with van der Waals surface area (Å²) in [6.07, 6.45) is -2.57. The third kappa shape index (κ3) is 10.6. The number of hydrogen-bond acceptors (Lipinski definition) is 8. The number of nitrogens with one attached hydrogen (secondary N) is 3. The van der Waals surface area contributed by atoms with Crippen LogP contribution in [0.2, 0.25) is 0 Å². The quantitative estimate of drug-likeness (QED) is 0.0983. The van der Waals surface area contributed by atoms with Crippen LogP contribution in [0.3, 0.4) is 0 Å².